The first-order valence-corrected chi connectivity index (χ1v) is 6.29. The summed E-state index contributed by atoms with van der Waals surface area (Å²) in [4.78, 5) is 0. The fourth-order valence-corrected chi connectivity index (χ4v) is 1.84. The Morgan fingerprint density at radius 2 is 1.68 bits per heavy atom. The highest BCUT2D eigenvalue weighted by atomic mass is 16.5. The Morgan fingerprint density at radius 3 is 2.26 bits per heavy atom. The first-order valence-electron chi connectivity index (χ1n) is 6.29. The van der Waals surface area contributed by atoms with Gasteiger partial charge in [-0.25, -0.2) is 0 Å². The molecule has 1 unspecified atom stereocenters. The molecule has 100 valence electrons. The molecule has 0 aliphatic rings. The van der Waals surface area contributed by atoms with Crippen molar-refractivity contribution in [2.24, 2.45) is 5.73 Å². The molecule has 2 rings (SSSR count). The van der Waals surface area contributed by atoms with Crippen molar-refractivity contribution in [2.75, 3.05) is 13.2 Å². The van der Waals surface area contributed by atoms with Crippen LogP contribution < -0.4 is 10.5 Å². The maximum Gasteiger partial charge on any atom is 0.119 e. The van der Waals surface area contributed by atoms with Gasteiger partial charge in [0.2, 0.25) is 0 Å². The molecule has 3 N–H and O–H groups in total. The number of hydrogen-bond donors (Lipinski definition) is 2. The second-order valence-corrected chi connectivity index (χ2v) is 4.78. The lowest BCUT2D eigenvalue weighted by atomic mass is 9.93. The monoisotopic (exact) mass is 257 g/mol. The van der Waals surface area contributed by atoms with Crippen LogP contribution in [0.3, 0.4) is 0 Å². The van der Waals surface area contributed by atoms with Crippen LogP contribution >= 0.6 is 0 Å². The zero-order valence-electron chi connectivity index (χ0n) is 11.0. The molecule has 3 heteroatoms. The second kappa shape index (κ2) is 5.87. The highest BCUT2D eigenvalue weighted by Crippen LogP contribution is 2.20. The molecule has 2 aromatic rings. The molecule has 19 heavy (non-hydrogen) atoms. The Hall–Kier alpha value is -1.84. The Bertz CT molecular complexity index is 510. The molecule has 0 aromatic heterocycles. The normalized spacial score (nSPS) is 13.8. The Kier molecular flexibility index (Phi) is 4.20. The zero-order valence-corrected chi connectivity index (χ0v) is 11.0. The van der Waals surface area contributed by atoms with Crippen LogP contribution in [0.25, 0.3) is 0 Å². The average molecular weight is 257 g/mol. The van der Waals surface area contributed by atoms with Gasteiger partial charge in [-0.3, -0.25) is 0 Å². The van der Waals surface area contributed by atoms with Crippen LogP contribution in [0.15, 0.2) is 54.6 Å². The number of rotatable bonds is 5. The Balaban J connectivity index is 2.09. The highest BCUT2D eigenvalue weighted by molar-refractivity contribution is 5.28. The highest BCUT2D eigenvalue weighted by Gasteiger charge is 2.27. The lowest BCUT2D eigenvalue weighted by Gasteiger charge is -2.27. The smallest absolute Gasteiger partial charge is 0.119 e. The van der Waals surface area contributed by atoms with E-state index in [4.69, 9.17) is 10.5 Å². The van der Waals surface area contributed by atoms with Gasteiger partial charge in [-0.05, 0) is 24.6 Å². The van der Waals surface area contributed by atoms with Crippen LogP contribution in [0, 0.1) is 6.92 Å². The van der Waals surface area contributed by atoms with E-state index in [2.05, 4.69) is 0 Å². The molecular formula is C16H19NO2. The van der Waals surface area contributed by atoms with Crippen molar-refractivity contribution in [3.8, 4) is 5.75 Å². The summed E-state index contributed by atoms with van der Waals surface area (Å²) in [6.45, 7) is 2.09. The van der Waals surface area contributed by atoms with Crippen molar-refractivity contribution in [2.45, 2.75) is 12.5 Å². The lowest BCUT2D eigenvalue weighted by Crippen LogP contribution is -2.46. The maximum atomic E-state index is 9.56. The van der Waals surface area contributed by atoms with Crippen molar-refractivity contribution >= 4 is 0 Å². The zero-order chi connectivity index (χ0) is 13.7. The molecule has 2 aromatic carbocycles. The predicted octanol–water partition coefficient (Wildman–Crippen LogP) is 2.22. The van der Waals surface area contributed by atoms with Gasteiger partial charge in [-0.2, -0.15) is 0 Å². The van der Waals surface area contributed by atoms with Crippen molar-refractivity contribution in [3.63, 3.8) is 0 Å². The lowest BCUT2D eigenvalue weighted by molar-refractivity contribution is 0.133. The summed E-state index contributed by atoms with van der Waals surface area (Å²) in [5.41, 5.74) is 7.38. The molecule has 0 radical (unpaired) electrons. The molecule has 3 nitrogen and oxygen atoms in total. The van der Waals surface area contributed by atoms with Gasteiger partial charge < -0.3 is 15.6 Å². The molecule has 0 aliphatic carbocycles. The minimum Gasteiger partial charge on any atom is -0.491 e. The van der Waals surface area contributed by atoms with E-state index in [-0.39, 0.29) is 13.2 Å². The molecule has 0 bridgehead atoms. The van der Waals surface area contributed by atoms with Crippen molar-refractivity contribution in [3.05, 3.63) is 65.7 Å². The van der Waals surface area contributed by atoms with Gasteiger partial charge in [-0.15, -0.1) is 0 Å². The molecule has 1 atom stereocenters. The number of aryl methyl sites for hydroxylation is 1. The second-order valence-electron chi connectivity index (χ2n) is 4.78. The van der Waals surface area contributed by atoms with Crippen molar-refractivity contribution in [1.29, 1.82) is 0 Å². The van der Waals surface area contributed by atoms with E-state index in [9.17, 15) is 5.11 Å². The van der Waals surface area contributed by atoms with Gasteiger partial charge >= 0.3 is 0 Å². The van der Waals surface area contributed by atoms with Crippen LogP contribution in [0.2, 0.25) is 0 Å². The molecule has 0 amide bonds. The van der Waals surface area contributed by atoms with Crippen LogP contribution in [0.4, 0.5) is 0 Å². The number of aliphatic hydroxyl groups is 1. The molecule has 0 saturated carbocycles. The van der Waals surface area contributed by atoms with Gasteiger partial charge in [0.25, 0.3) is 0 Å². The van der Waals surface area contributed by atoms with Crippen LogP contribution in [0.5, 0.6) is 5.75 Å². The van der Waals surface area contributed by atoms with Crippen LogP contribution in [-0.4, -0.2) is 18.3 Å². The van der Waals surface area contributed by atoms with E-state index in [1.54, 1.807) is 0 Å². The fraction of sp³-hybridized carbons (Fsp3) is 0.250. The summed E-state index contributed by atoms with van der Waals surface area (Å²) in [5, 5.41) is 9.56. The Labute approximate surface area is 113 Å². The molecule has 0 heterocycles. The summed E-state index contributed by atoms with van der Waals surface area (Å²) in [5.74, 6) is 0.754. The summed E-state index contributed by atoms with van der Waals surface area (Å²) < 4.78 is 5.69. The summed E-state index contributed by atoms with van der Waals surface area (Å²) in [6, 6.07) is 17.3. The number of ether oxygens (including phenoxy) is 1. The van der Waals surface area contributed by atoms with Gasteiger partial charge in [0, 0.05) is 0 Å². The van der Waals surface area contributed by atoms with E-state index in [0.717, 1.165) is 11.3 Å². The average Bonchev–Trinajstić information content (AvgIpc) is 2.47. The third kappa shape index (κ3) is 3.34. The third-order valence-corrected chi connectivity index (χ3v) is 3.15. The van der Waals surface area contributed by atoms with E-state index >= 15 is 0 Å². The SMILES string of the molecule is Cc1ccc(OCC(N)(CO)c2ccccc2)cc1. The molecule has 0 saturated heterocycles. The van der Waals surface area contributed by atoms with E-state index < -0.39 is 5.54 Å². The first-order chi connectivity index (χ1) is 9.14. The minimum atomic E-state index is -0.883. The van der Waals surface area contributed by atoms with Gasteiger partial charge in [0.05, 0.1) is 12.1 Å². The number of hydrogen-bond acceptors (Lipinski definition) is 3. The van der Waals surface area contributed by atoms with E-state index in [1.165, 1.54) is 5.56 Å². The molecular weight excluding hydrogens is 238 g/mol. The van der Waals surface area contributed by atoms with Gasteiger partial charge in [0.1, 0.15) is 12.4 Å². The van der Waals surface area contributed by atoms with Crippen molar-refractivity contribution < 1.29 is 9.84 Å². The number of nitrogens with two attached hydrogens (primary N) is 1. The standard InChI is InChI=1S/C16H19NO2/c1-13-7-9-15(10-8-13)19-12-16(17,11-18)14-5-3-2-4-6-14/h2-10,18H,11-12,17H2,1H3. The topological polar surface area (TPSA) is 55.5 Å². The minimum absolute atomic E-state index is 0.164. The van der Waals surface area contributed by atoms with Crippen LogP contribution in [0.1, 0.15) is 11.1 Å². The largest absolute Gasteiger partial charge is 0.491 e. The summed E-state index contributed by atoms with van der Waals surface area (Å²) >= 11 is 0. The summed E-state index contributed by atoms with van der Waals surface area (Å²) in [7, 11) is 0. The quantitative estimate of drug-likeness (QED) is 0.863. The first kappa shape index (κ1) is 13.6. The van der Waals surface area contributed by atoms with Gasteiger partial charge in [0.15, 0.2) is 0 Å². The van der Waals surface area contributed by atoms with E-state index in [1.807, 2.05) is 61.5 Å². The number of benzene rings is 2. The van der Waals surface area contributed by atoms with E-state index in [0.29, 0.717) is 0 Å². The third-order valence-electron chi connectivity index (χ3n) is 3.15. The number of aliphatic hydroxyl groups excluding tert-OH is 1. The molecule has 0 fully saturated rings. The predicted molar refractivity (Wildman–Crippen MR) is 76.1 cm³/mol. The van der Waals surface area contributed by atoms with Crippen molar-refractivity contribution in [1.82, 2.24) is 0 Å². The molecule has 0 aliphatic heterocycles. The maximum absolute atomic E-state index is 9.56. The molecule has 0 spiro atoms. The Morgan fingerprint density at radius 1 is 1.05 bits per heavy atom. The fourth-order valence-electron chi connectivity index (χ4n) is 1.84. The van der Waals surface area contributed by atoms with Crippen LogP contribution in [-0.2, 0) is 5.54 Å². The van der Waals surface area contributed by atoms with Gasteiger partial charge in [-0.1, -0.05) is 48.0 Å². The summed E-state index contributed by atoms with van der Waals surface area (Å²) in [6.07, 6.45) is 0.